The normalized spacial score (nSPS) is 12.8. The third-order valence-corrected chi connectivity index (χ3v) is 5.92. The Morgan fingerprint density at radius 3 is 2.56 bits per heavy atom. The molecular formula is C12H9Br3S. The van der Waals surface area contributed by atoms with Crippen LogP contribution in [0.2, 0.25) is 0 Å². The molecule has 1 aromatic heterocycles. The minimum absolute atomic E-state index is 0.249. The van der Waals surface area contributed by atoms with E-state index < -0.39 is 0 Å². The third kappa shape index (κ3) is 2.61. The Morgan fingerprint density at radius 2 is 1.94 bits per heavy atom. The zero-order valence-electron chi connectivity index (χ0n) is 8.51. The molecule has 2 rings (SSSR count). The fourth-order valence-corrected chi connectivity index (χ4v) is 4.64. The third-order valence-electron chi connectivity index (χ3n) is 2.36. The summed E-state index contributed by atoms with van der Waals surface area (Å²) >= 11 is 12.7. The van der Waals surface area contributed by atoms with Crippen LogP contribution in [0.4, 0.5) is 0 Å². The second-order valence-corrected chi connectivity index (χ2v) is 7.13. The largest absolute Gasteiger partial charge is 0.147 e. The summed E-state index contributed by atoms with van der Waals surface area (Å²) in [7, 11) is 0. The number of thiophene rings is 1. The predicted octanol–water partition coefficient (Wildman–Crippen LogP) is 6.07. The van der Waals surface area contributed by atoms with Gasteiger partial charge in [0.2, 0.25) is 0 Å². The molecule has 1 atom stereocenters. The molecule has 0 radical (unpaired) electrons. The van der Waals surface area contributed by atoms with Gasteiger partial charge in [0.25, 0.3) is 0 Å². The predicted molar refractivity (Wildman–Crippen MR) is 81.7 cm³/mol. The summed E-state index contributed by atoms with van der Waals surface area (Å²) in [5, 5.41) is 2.13. The molecule has 0 fully saturated rings. The fraction of sp³-hybridized carbons (Fsp3) is 0.167. The van der Waals surface area contributed by atoms with Crippen LogP contribution in [-0.2, 0) is 0 Å². The molecule has 0 aliphatic carbocycles. The lowest BCUT2D eigenvalue weighted by Crippen LogP contribution is -1.93. The van der Waals surface area contributed by atoms with Crippen molar-refractivity contribution in [3.8, 4) is 0 Å². The maximum absolute atomic E-state index is 3.77. The van der Waals surface area contributed by atoms with Gasteiger partial charge in [-0.2, -0.15) is 0 Å². The first-order valence-corrected chi connectivity index (χ1v) is 8.10. The van der Waals surface area contributed by atoms with Crippen molar-refractivity contribution in [2.75, 3.05) is 0 Å². The van der Waals surface area contributed by atoms with Gasteiger partial charge in [-0.3, -0.25) is 0 Å². The Bertz CT molecular complexity index is 505. The Hall–Kier alpha value is 0.360. The van der Waals surface area contributed by atoms with Crippen LogP contribution in [0.5, 0.6) is 0 Å². The van der Waals surface area contributed by atoms with Gasteiger partial charge in [-0.1, -0.05) is 47.8 Å². The summed E-state index contributed by atoms with van der Waals surface area (Å²) in [6.45, 7) is 2.14. The fourth-order valence-electron chi connectivity index (χ4n) is 1.49. The average molecular weight is 425 g/mol. The number of rotatable bonds is 2. The molecule has 0 N–H and O–H groups in total. The zero-order valence-corrected chi connectivity index (χ0v) is 14.1. The standard InChI is InChI=1S/C12H9Br3S/c1-7-4-5-16-12(7)11(15)9-6-8(13)2-3-10(9)14/h2-6,11H,1H3. The van der Waals surface area contributed by atoms with Gasteiger partial charge in [0.1, 0.15) is 0 Å². The van der Waals surface area contributed by atoms with Crippen LogP contribution in [0, 0.1) is 6.92 Å². The van der Waals surface area contributed by atoms with E-state index in [1.54, 1.807) is 11.3 Å². The molecule has 0 aliphatic heterocycles. The van der Waals surface area contributed by atoms with Crippen LogP contribution >= 0.6 is 59.1 Å². The van der Waals surface area contributed by atoms with E-state index in [1.807, 2.05) is 6.07 Å². The zero-order chi connectivity index (χ0) is 11.7. The van der Waals surface area contributed by atoms with Crippen molar-refractivity contribution >= 4 is 59.1 Å². The summed E-state index contributed by atoms with van der Waals surface area (Å²) in [5.41, 5.74) is 2.58. The molecule has 0 bridgehead atoms. The van der Waals surface area contributed by atoms with Crippen LogP contribution < -0.4 is 0 Å². The van der Waals surface area contributed by atoms with Gasteiger partial charge >= 0.3 is 0 Å². The van der Waals surface area contributed by atoms with Gasteiger partial charge in [0, 0.05) is 13.8 Å². The first-order valence-electron chi connectivity index (χ1n) is 4.72. The van der Waals surface area contributed by atoms with Crippen LogP contribution in [0.25, 0.3) is 0 Å². The number of hydrogen-bond donors (Lipinski definition) is 0. The van der Waals surface area contributed by atoms with E-state index >= 15 is 0 Å². The highest BCUT2D eigenvalue weighted by Gasteiger charge is 2.16. The van der Waals surface area contributed by atoms with E-state index in [0.717, 1.165) is 8.95 Å². The molecule has 2 aromatic rings. The minimum Gasteiger partial charge on any atom is -0.147 e. The highest BCUT2D eigenvalue weighted by Crippen LogP contribution is 2.40. The van der Waals surface area contributed by atoms with Crippen molar-refractivity contribution in [1.29, 1.82) is 0 Å². The van der Waals surface area contributed by atoms with E-state index in [1.165, 1.54) is 16.0 Å². The minimum atomic E-state index is 0.249. The van der Waals surface area contributed by atoms with Crippen molar-refractivity contribution in [2.45, 2.75) is 11.8 Å². The molecule has 84 valence electrons. The van der Waals surface area contributed by atoms with Gasteiger partial charge in [0.05, 0.1) is 4.83 Å². The highest BCUT2D eigenvalue weighted by atomic mass is 79.9. The van der Waals surface area contributed by atoms with Crippen molar-refractivity contribution in [3.05, 3.63) is 54.6 Å². The molecule has 0 spiro atoms. The second-order valence-electron chi connectivity index (χ2n) is 3.50. The highest BCUT2D eigenvalue weighted by molar-refractivity contribution is 9.11. The van der Waals surface area contributed by atoms with Crippen LogP contribution in [0.3, 0.4) is 0 Å². The Balaban J connectivity index is 2.45. The number of hydrogen-bond acceptors (Lipinski definition) is 1. The summed E-state index contributed by atoms with van der Waals surface area (Å²) < 4.78 is 2.23. The summed E-state index contributed by atoms with van der Waals surface area (Å²) in [6, 6.07) is 8.40. The van der Waals surface area contributed by atoms with E-state index in [9.17, 15) is 0 Å². The van der Waals surface area contributed by atoms with E-state index in [0.29, 0.717) is 0 Å². The molecule has 1 heterocycles. The molecule has 1 aromatic carbocycles. The average Bonchev–Trinajstić information content (AvgIpc) is 2.67. The van der Waals surface area contributed by atoms with Crippen molar-refractivity contribution in [3.63, 3.8) is 0 Å². The van der Waals surface area contributed by atoms with Gasteiger partial charge in [0.15, 0.2) is 0 Å². The van der Waals surface area contributed by atoms with Crippen LogP contribution in [0.15, 0.2) is 38.6 Å². The van der Waals surface area contributed by atoms with Gasteiger partial charge < -0.3 is 0 Å². The number of alkyl halides is 1. The first kappa shape index (κ1) is 12.8. The molecule has 4 heteroatoms. The lowest BCUT2D eigenvalue weighted by atomic mass is 10.1. The smallest absolute Gasteiger partial charge is 0.0751 e. The molecule has 0 saturated carbocycles. The SMILES string of the molecule is Cc1ccsc1C(Br)c1cc(Br)ccc1Br. The van der Waals surface area contributed by atoms with Crippen LogP contribution in [0.1, 0.15) is 20.8 Å². The lowest BCUT2D eigenvalue weighted by Gasteiger charge is -2.12. The number of halogens is 3. The monoisotopic (exact) mass is 422 g/mol. The molecule has 0 saturated heterocycles. The lowest BCUT2D eigenvalue weighted by molar-refractivity contribution is 1.18. The Labute approximate surface area is 124 Å². The second kappa shape index (κ2) is 5.34. The molecule has 0 aliphatic rings. The molecule has 1 unspecified atom stereocenters. The molecular weight excluding hydrogens is 416 g/mol. The molecule has 0 amide bonds. The molecule has 0 nitrogen and oxygen atoms in total. The van der Waals surface area contributed by atoms with Gasteiger partial charge in [-0.15, -0.1) is 11.3 Å². The van der Waals surface area contributed by atoms with E-state index in [-0.39, 0.29) is 4.83 Å². The quantitative estimate of drug-likeness (QED) is 0.513. The summed E-state index contributed by atoms with van der Waals surface area (Å²) in [5.74, 6) is 0. The van der Waals surface area contributed by atoms with Crippen molar-refractivity contribution in [2.24, 2.45) is 0 Å². The Morgan fingerprint density at radius 1 is 1.19 bits per heavy atom. The van der Waals surface area contributed by atoms with Gasteiger partial charge in [-0.25, -0.2) is 0 Å². The van der Waals surface area contributed by atoms with E-state index in [2.05, 4.69) is 78.3 Å². The van der Waals surface area contributed by atoms with Crippen LogP contribution in [-0.4, -0.2) is 0 Å². The van der Waals surface area contributed by atoms with Gasteiger partial charge in [-0.05, 0) is 47.7 Å². The maximum Gasteiger partial charge on any atom is 0.0751 e. The maximum atomic E-state index is 3.77. The Kier molecular flexibility index (Phi) is 4.27. The number of aryl methyl sites for hydroxylation is 1. The summed E-state index contributed by atoms with van der Waals surface area (Å²) in [6.07, 6.45) is 0. The number of benzene rings is 1. The van der Waals surface area contributed by atoms with Crippen molar-refractivity contribution < 1.29 is 0 Å². The first-order chi connectivity index (χ1) is 7.59. The van der Waals surface area contributed by atoms with E-state index in [4.69, 9.17) is 0 Å². The van der Waals surface area contributed by atoms with Crippen molar-refractivity contribution in [1.82, 2.24) is 0 Å². The topological polar surface area (TPSA) is 0 Å². The molecule has 16 heavy (non-hydrogen) atoms. The summed E-state index contributed by atoms with van der Waals surface area (Å²) in [4.78, 5) is 1.61.